The second-order valence-electron chi connectivity index (χ2n) is 7.96. The molecule has 0 aliphatic rings. The number of hydrogen-bond acceptors (Lipinski definition) is 3. The normalized spacial score (nSPS) is 14.2. The third-order valence-corrected chi connectivity index (χ3v) is 5.05. The van der Waals surface area contributed by atoms with Gasteiger partial charge in [-0.25, -0.2) is 0 Å². The van der Waals surface area contributed by atoms with Gasteiger partial charge in [-0.15, -0.1) is 0 Å². The fourth-order valence-corrected chi connectivity index (χ4v) is 3.48. The molecule has 0 saturated heterocycles. The highest BCUT2D eigenvalue weighted by atomic mass is 15.3. The lowest BCUT2D eigenvalue weighted by atomic mass is 10.1. The topological polar surface area (TPSA) is 72.1 Å². The second kappa shape index (κ2) is 9.75. The van der Waals surface area contributed by atoms with Crippen molar-refractivity contribution in [1.82, 2.24) is 30.2 Å². The van der Waals surface area contributed by atoms with Crippen LogP contribution in [-0.4, -0.2) is 44.7 Å². The Morgan fingerprint density at radius 1 is 1.18 bits per heavy atom. The summed E-state index contributed by atoms with van der Waals surface area (Å²) in [5.41, 5.74) is 5.92. The number of nitrogens with zero attached hydrogens (tertiary/aromatic N) is 5. The molecule has 2 unspecified atom stereocenters. The maximum atomic E-state index is 4.81. The number of rotatable bonds is 8. The van der Waals surface area contributed by atoms with Crippen molar-refractivity contribution in [3.63, 3.8) is 0 Å². The molecule has 2 aromatic heterocycles. The van der Waals surface area contributed by atoms with Gasteiger partial charge in [-0.05, 0) is 65.5 Å². The molecule has 0 fully saturated rings. The summed E-state index contributed by atoms with van der Waals surface area (Å²) in [4.78, 5) is 4.81. The number of aryl methyl sites for hydroxylation is 4. The molecule has 2 aromatic rings. The number of aliphatic imine (C=N–C) groups is 1. The fourth-order valence-electron chi connectivity index (χ4n) is 3.48. The molecule has 0 saturated carbocycles. The molecule has 2 atom stereocenters. The molecule has 2 rings (SSSR count). The summed E-state index contributed by atoms with van der Waals surface area (Å²) in [7, 11) is 2.00. The van der Waals surface area contributed by atoms with E-state index in [0.717, 1.165) is 43.4 Å². The quantitative estimate of drug-likeness (QED) is 0.540. The minimum Gasteiger partial charge on any atom is -0.357 e. The molecule has 0 amide bonds. The van der Waals surface area contributed by atoms with Crippen molar-refractivity contribution in [2.24, 2.45) is 18.0 Å². The third kappa shape index (κ3) is 5.84. The van der Waals surface area contributed by atoms with Gasteiger partial charge in [0.2, 0.25) is 0 Å². The summed E-state index contributed by atoms with van der Waals surface area (Å²) in [5.74, 6) is 1.28. The average molecular weight is 388 g/mol. The van der Waals surface area contributed by atoms with Crippen LogP contribution in [0, 0.1) is 33.6 Å². The first-order valence-electron chi connectivity index (χ1n) is 10.3. The van der Waals surface area contributed by atoms with Crippen molar-refractivity contribution in [3.05, 3.63) is 34.4 Å². The van der Waals surface area contributed by atoms with E-state index >= 15 is 0 Å². The van der Waals surface area contributed by atoms with Crippen molar-refractivity contribution < 1.29 is 0 Å². The van der Waals surface area contributed by atoms with Crippen LogP contribution in [0.4, 0.5) is 0 Å². The van der Waals surface area contributed by atoms with Crippen molar-refractivity contribution in [2.45, 2.75) is 67.5 Å². The Kier molecular flexibility index (Phi) is 7.66. The predicted molar refractivity (Wildman–Crippen MR) is 116 cm³/mol. The highest BCUT2D eigenvalue weighted by Gasteiger charge is 2.14. The van der Waals surface area contributed by atoms with E-state index in [1.807, 2.05) is 18.7 Å². The van der Waals surface area contributed by atoms with Crippen LogP contribution in [0.5, 0.6) is 0 Å². The van der Waals surface area contributed by atoms with Crippen LogP contribution in [0.1, 0.15) is 49.1 Å². The number of aromatic nitrogens is 4. The summed E-state index contributed by atoms with van der Waals surface area (Å²) in [6, 6.07) is 2.39. The zero-order valence-electron chi connectivity index (χ0n) is 18.8. The largest absolute Gasteiger partial charge is 0.357 e. The lowest BCUT2D eigenvalue weighted by molar-refractivity contribution is 0.449. The molecule has 0 aromatic carbocycles. The fraction of sp³-hybridized carbons (Fsp3) is 0.667. The molecule has 7 nitrogen and oxygen atoms in total. The van der Waals surface area contributed by atoms with Crippen LogP contribution in [-0.2, 0) is 20.0 Å². The molecule has 28 heavy (non-hydrogen) atoms. The Morgan fingerprint density at radius 2 is 1.89 bits per heavy atom. The zero-order chi connectivity index (χ0) is 20.8. The summed E-state index contributed by atoms with van der Waals surface area (Å²) in [5, 5.41) is 16.0. The van der Waals surface area contributed by atoms with Gasteiger partial charge in [0.1, 0.15) is 0 Å². The zero-order valence-corrected chi connectivity index (χ0v) is 18.8. The molecule has 2 heterocycles. The van der Waals surface area contributed by atoms with E-state index in [1.165, 1.54) is 17.0 Å². The second-order valence-corrected chi connectivity index (χ2v) is 7.96. The van der Waals surface area contributed by atoms with Gasteiger partial charge < -0.3 is 10.6 Å². The highest BCUT2D eigenvalue weighted by Crippen LogP contribution is 2.14. The van der Waals surface area contributed by atoms with E-state index in [1.54, 1.807) is 0 Å². The van der Waals surface area contributed by atoms with Gasteiger partial charge in [0.15, 0.2) is 5.96 Å². The number of nitrogens with one attached hydrogen (secondary N) is 2. The molecule has 156 valence electrons. The van der Waals surface area contributed by atoms with E-state index in [9.17, 15) is 0 Å². The van der Waals surface area contributed by atoms with Crippen molar-refractivity contribution in [3.8, 4) is 0 Å². The maximum Gasteiger partial charge on any atom is 0.191 e. The van der Waals surface area contributed by atoms with Gasteiger partial charge in [0.25, 0.3) is 0 Å². The van der Waals surface area contributed by atoms with Crippen LogP contribution in [0.2, 0.25) is 0 Å². The first-order chi connectivity index (χ1) is 13.2. The summed E-state index contributed by atoms with van der Waals surface area (Å²) >= 11 is 0. The van der Waals surface area contributed by atoms with Crippen LogP contribution >= 0.6 is 0 Å². The summed E-state index contributed by atoms with van der Waals surface area (Å²) < 4.78 is 4.03. The molecule has 2 N–H and O–H groups in total. The van der Waals surface area contributed by atoms with Crippen molar-refractivity contribution in [2.75, 3.05) is 13.1 Å². The van der Waals surface area contributed by atoms with Crippen LogP contribution in [0.3, 0.4) is 0 Å². The van der Waals surface area contributed by atoms with E-state index in [4.69, 9.17) is 4.99 Å². The lowest BCUT2D eigenvalue weighted by Gasteiger charge is -2.19. The van der Waals surface area contributed by atoms with Gasteiger partial charge in [-0.2, -0.15) is 10.2 Å². The van der Waals surface area contributed by atoms with Crippen molar-refractivity contribution >= 4 is 5.96 Å². The van der Waals surface area contributed by atoms with E-state index in [2.05, 4.69) is 73.1 Å². The Hall–Kier alpha value is -2.31. The van der Waals surface area contributed by atoms with Crippen LogP contribution in [0.15, 0.2) is 11.1 Å². The third-order valence-electron chi connectivity index (χ3n) is 5.05. The summed E-state index contributed by atoms with van der Waals surface area (Å²) in [6.45, 7) is 17.3. The highest BCUT2D eigenvalue weighted by molar-refractivity contribution is 5.80. The molecule has 0 bridgehead atoms. The molecule has 7 heteroatoms. The van der Waals surface area contributed by atoms with Gasteiger partial charge in [-0.1, -0.05) is 6.92 Å². The number of guanidine groups is 1. The molecule has 0 radical (unpaired) electrons. The maximum absolute atomic E-state index is 4.81. The van der Waals surface area contributed by atoms with Gasteiger partial charge in [0.05, 0.1) is 11.4 Å². The summed E-state index contributed by atoms with van der Waals surface area (Å²) in [6.07, 6.45) is 0.928. The minimum atomic E-state index is 0.269. The monoisotopic (exact) mass is 387 g/mol. The average Bonchev–Trinajstić information content (AvgIpc) is 3.05. The van der Waals surface area contributed by atoms with Crippen molar-refractivity contribution in [1.29, 1.82) is 0 Å². The predicted octanol–water partition coefficient (Wildman–Crippen LogP) is 2.67. The SMILES string of the molecule is CCNC(=NCC(C)Cn1nc(C)cc1C)NC(C)Cc1c(C)nn(C)c1C. The Bertz CT molecular complexity index is 800. The first kappa shape index (κ1) is 22.0. The Balaban J connectivity index is 1.96. The molecule has 0 spiro atoms. The number of hydrogen-bond donors (Lipinski definition) is 2. The van der Waals surface area contributed by atoms with E-state index < -0.39 is 0 Å². The molecular formula is C21H37N7. The van der Waals surface area contributed by atoms with Crippen LogP contribution in [0.25, 0.3) is 0 Å². The van der Waals surface area contributed by atoms with E-state index in [0.29, 0.717) is 5.92 Å². The molecule has 0 aliphatic carbocycles. The molecular weight excluding hydrogens is 350 g/mol. The minimum absolute atomic E-state index is 0.269. The van der Waals surface area contributed by atoms with E-state index in [-0.39, 0.29) is 6.04 Å². The Labute approximate surface area is 169 Å². The van der Waals surface area contributed by atoms with Gasteiger partial charge in [-0.3, -0.25) is 14.4 Å². The lowest BCUT2D eigenvalue weighted by Crippen LogP contribution is -2.43. The standard InChI is InChI=1S/C21H37N7/c1-9-22-21(23-12-14(2)13-28-17(5)10-16(4)25-28)24-15(3)11-20-18(6)26-27(8)19(20)7/h10,14-15H,9,11-13H2,1-8H3,(H2,22,23,24). The first-order valence-corrected chi connectivity index (χ1v) is 10.3. The smallest absolute Gasteiger partial charge is 0.191 e. The molecule has 0 aliphatic heterocycles. The van der Waals surface area contributed by atoms with Gasteiger partial charge >= 0.3 is 0 Å². The Morgan fingerprint density at radius 3 is 2.43 bits per heavy atom. The van der Waals surface area contributed by atoms with Crippen LogP contribution < -0.4 is 10.6 Å². The van der Waals surface area contributed by atoms with Gasteiger partial charge in [0, 0.05) is 44.1 Å².